The highest BCUT2D eigenvalue weighted by molar-refractivity contribution is 7.99. The summed E-state index contributed by atoms with van der Waals surface area (Å²) in [6.45, 7) is 6.78. The van der Waals surface area contributed by atoms with E-state index in [-0.39, 0.29) is 5.41 Å². The zero-order valence-corrected chi connectivity index (χ0v) is 11.8. The summed E-state index contributed by atoms with van der Waals surface area (Å²) in [5.74, 6) is 0. The van der Waals surface area contributed by atoms with Gasteiger partial charge in [0, 0.05) is 9.79 Å². The Balaban J connectivity index is 2.14. The predicted octanol–water partition coefficient (Wildman–Crippen LogP) is 5.19. The third-order valence-electron chi connectivity index (χ3n) is 3.20. The predicted molar refractivity (Wildman–Crippen MR) is 79.0 cm³/mol. The van der Waals surface area contributed by atoms with Crippen LogP contribution in [0.15, 0.2) is 52.3 Å². The van der Waals surface area contributed by atoms with Gasteiger partial charge in [-0.3, -0.25) is 0 Å². The van der Waals surface area contributed by atoms with Crippen LogP contribution in [0.1, 0.15) is 26.3 Å². The number of fused-ring (bicyclic) bond motifs is 2. The van der Waals surface area contributed by atoms with Gasteiger partial charge in [0.25, 0.3) is 0 Å². The summed E-state index contributed by atoms with van der Waals surface area (Å²) in [6.07, 6.45) is 0. The lowest BCUT2D eigenvalue weighted by atomic mass is 9.85. The zero-order valence-electron chi connectivity index (χ0n) is 10.9. The maximum atomic E-state index is 3.59. The molecule has 18 heavy (non-hydrogen) atoms. The first-order valence-corrected chi connectivity index (χ1v) is 7.05. The zero-order chi connectivity index (χ0) is 12.8. The summed E-state index contributed by atoms with van der Waals surface area (Å²) >= 11 is 1.85. The van der Waals surface area contributed by atoms with Gasteiger partial charge in [-0.05, 0) is 29.2 Å². The van der Waals surface area contributed by atoms with Crippen molar-refractivity contribution in [1.29, 1.82) is 0 Å². The molecule has 1 heterocycles. The Morgan fingerprint density at radius 2 is 1.61 bits per heavy atom. The molecular weight excluding hydrogens is 238 g/mol. The van der Waals surface area contributed by atoms with Crippen LogP contribution >= 0.6 is 11.8 Å². The summed E-state index contributed by atoms with van der Waals surface area (Å²) in [7, 11) is 0. The van der Waals surface area contributed by atoms with Crippen molar-refractivity contribution in [2.75, 3.05) is 5.32 Å². The fourth-order valence-corrected chi connectivity index (χ4v) is 3.30. The molecule has 1 aliphatic heterocycles. The summed E-state index contributed by atoms with van der Waals surface area (Å²) in [5, 5.41) is 3.59. The Labute approximate surface area is 113 Å². The molecule has 0 aliphatic carbocycles. The van der Waals surface area contributed by atoms with Crippen molar-refractivity contribution in [2.45, 2.75) is 36.0 Å². The lowest BCUT2D eigenvalue weighted by Gasteiger charge is -2.28. The topological polar surface area (TPSA) is 12.0 Å². The Hall–Kier alpha value is -1.41. The van der Waals surface area contributed by atoms with Crippen molar-refractivity contribution in [3.8, 4) is 0 Å². The van der Waals surface area contributed by atoms with E-state index in [1.807, 2.05) is 11.8 Å². The van der Waals surface area contributed by atoms with Crippen molar-refractivity contribution in [3.05, 3.63) is 48.0 Å². The molecule has 0 fully saturated rings. The number of hydrogen-bond donors (Lipinski definition) is 1. The minimum Gasteiger partial charge on any atom is -0.353 e. The molecule has 0 atom stereocenters. The maximum absolute atomic E-state index is 3.59. The van der Waals surface area contributed by atoms with E-state index in [2.05, 4.69) is 68.6 Å². The second kappa shape index (κ2) is 4.06. The first-order chi connectivity index (χ1) is 8.55. The van der Waals surface area contributed by atoms with Crippen LogP contribution in [0.3, 0.4) is 0 Å². The van der Waals surface area contributed by atoms with Gasteiger partial charge in [0.1, 0.15) is 0 Å². The fourth-order valence-electron chi connectivity index (χ4n) is 2.28. The first-order valence-electron chi connectivity index (χ1n) is 6.23. The van der Waals surface area contributed by atoms with Crippen molar-refractivity contribution in [1.82, 2.24) is 0 Å². The molecule has 0 saturated heterocycles. The van der Waals surface area contributed by atoms with Gasteiger partial charge in [0.2, 0.25) is 0 Å². The molecule has 0 spiro atoms. The van der Waals surface area contributed by atoms with E-state index >= 15 is 0 Å². The van der Waals surface area contributed by atoms with E-state index in [1.165, 1.54) is 26.7 Å². The molecule has 2 heteroatoms. The van der Waals surface area contributed by atoms with Crippen LogP contribution in [-0.2, 0) is 5.41 Å². The maximum Gasteiger partial charge on any atom is 0.0564 e. The minimum atomic E-state index is 0.158. The second-order valence-corrected chi connectivity index (χ2v) is 6.74. The summed E-state index contributed by atoms with van der Waals surface area (Å²) < 4.78 is 0. The van der Waals surface area contributed by atoms with E-state index in [9.17, 15) is 0 Å². The summed E-state index contributed by atoms with van der Waals surface area (Å²) in [4.78, 5) is 2.62. The van der Waals surface area contributed by atoms with Gasteiger partial charge in [-0.25, -0.2) is 0 Å². The van der Waals surface area contributed by atoms with E-state index in [0.717, 1.165) is 0 Å². The van der Waals surface area contributed by atoms with E-state index in [4.69, 9.17) is 0 Å². The molecule has 0 saturated carbocycles. The average Bonchev–Trinajstić information content (AvgIpc) is 2.34. The Morgan fingerprint density at radius 3 is 2.39 bits per heavy atom. The van der Waals surface area contributed by atoms with Crippen molar-refractivity contribution in [3.63, 3.8) is 0 Å². The number of nitrogens with one attached hydrogen (secondary N) is 1. The van der Waals surface area contributed by atoms with Gasteiger partial charge < -0.3 is 5.32 Å². The second-order valence-electron chi connectivity index (χ2n) is 5.65. The van der Waals surface area contributed by atoms with Crippen LogP contribution in [0.4, 0.5) is 11.4 Å². The smallest absolute Gasteiger partial charge is 0.0564 e. The Morgan fingerprint density at radius 1 is 0.889 bits per heavy atom. The molecule has 1 N–H and O–H groups in total. The monoisotopic (exact) mass is 255 g/mol. The SMILES string of the molecule is CC(C)(C)c1cccc2c1Nc1ccccc1S2. The van der Waals surface area contributed by atoms with Gasteiger partial charge in [-0.1, -0.05) is 56.8 Å². The average molecular weight is 255 g/mol. The Kier molecular flexibility index (Phi) is 2.63. The van der Waals surface area contributed by atoms with E-state index in [1.54, 1.807) is 0 Å². The normalized spacial score (nSPS) is 13.5. The van der Waals surface area contributed by atoms with Gasteiger partial charge in [-0.15, -0.1) is 0 Å². The quantitative estimate of drug-likeness (QED) is 0.593. The molecule has 2 aromatic carbocycles. The van der Waals surface area contributed by atoms with Crippen molar-refractivity contribution < 1.29 is 0 Å². The van der Waals surface area contributed by atoms with Gasteiger partial charge >= 0.3 is 0 Å². The van der Waals surface area contributed by atoms with Crippen LogP contribution in [0.2, 0.25) is 0 Å². The van der Waals surface area contributed by atoms with Crippen LogP contribution in [-0.4, -0.2) is 0 Å². The highest BCUT2D eigenvalue weighted by atomic mass is 32.2. The lowest BCUT2D eigenvalue weighted by Crippen LogP contribution is -2.15. The number of para-hydroxylation sites is 2. The van der Waals surface area contributed by atoms with Crippen LogP contribution in [0.5, 0.6) is 0 Å². The molecule has 1 aliphatic rings. The third-order valence-corrected chi connectivity index (χ3v) is 4.34. The number of anilines is 2. The molecule has 1 nitrogen and oxygen atoms in total. The molecule has 3 rings (SSSR count). The first kappa shape index (κ1) is 11.7. The van der Waals surface area contributed by atoms with Gasteiger partial charge in [-0.2, -0.15) is 0 Å². The number of benzene rings is 2. The Bertz CT molecular complexity index is 596. The molecule has 0 amide bonds. The third kappa shape index (κ3) is 1.91. The van der Waals surface area contributed by atoms with Crippen LogP contribution in [0.25, 0.3) is 0 Å². The van der Waals surface area contributed by atoms with Crippen LogP contribution < -0.4 is 5.32 Å². The number of hydrogen-bond acceptors (Lipinski definition) is 2. The lowest BCUT2D eigenvalue weighted by molar-refractivity contribution is 0.591. The molecule has 0 bridgehead atoms. The number of rotatable bonds is 0. The molecular formula is C16H17NS. The molecule has 0 aromatic heterocycles. The fraction of sp³-hybridized carbons (Fsp3) is 0.250. The largest absolute Gasteiger partial charge is 0.353 e. The molecule has 92 valence electrons. The highest BCUT2D eigenvalue weighted by Gasteiger charge is 2.23. The minimum absolute atomic E-state index is 0.158. The highest BCUT2D eigenvalue weighted by Crippen LogP contribution is 2.47. The molecule has 2 aromatic rings. The summed E-state index contributed by atoms with van der Waals surface area (Å²) in [6, 6.07) is 15.0. The summed E-state index contributed by atoms with van der Waals surface area (Å²) in [5.41, 5.74) is 4.02. The van der Waals surface area contributed by atoms with Crippen LogP contribution in [0, 0.1) is 0 Å². The van der Waals surface area contributed by atoms with Gasteiger partial charge in [0.05, 0.1) is 11.4 Å². The standard InChI is InChI=1S/C16H17NS/c1-16(2,3)11-7-6-10-14-15(11)17-12-8-4-5-9-13(12)18-14/h4-10,17H,1-3H3. The van der Waals surface area contributed by atoms with E-state index in [0.29, 0.717) is 0 Å². The van der Waals surface area contributed by atoms with Gasteiger partial charge in [0.15, 0.2) is 0 Å². The van der Waals surface area contributed by atoms with E-state index < -0.39 is 0 Å². The van der Waals surface area contributed by atoms with Crippen molar-refractivity contribution in [2.24, 2.45) is 0 Å². The molecule has 0 radical (unpaired) electrons. The molecule has 0 unspecified atom stereocenters. The van der Waals surface area contributed by atoms with Crippen molar-refractivity contribution >= 4 is 23.1 Å².